The summed E-state index contributed by atoms with van der Waals surface area (Å²) in [5.41, 5.74) is 0.783. The molecule has 0 heterocycles. The van der Waals surface area contributed by atoms with Gasteiger partial charge < -0.3 is 15.0 Å². The minimum absolute atomic E-state index is 0.121. The minimum Gasteiger partial charge on any atom is -0.444 e. The van der Waals surface area contributed by atoms with Crippen molar-refractivity contribution in [2.24, 2.45) is 0 Å². The number of ether oxygens (including phenoxy) is 1. The molecule has 30 heavy (non-hydrogen) atoms. The molecule has 0 fully saturated rings. The first-order valence-corrected chi connectivity index (χ1v) is 9.72. The van der Waals surface area contributed by atoms with E-state index in [1.807, 2.05) is 0 Å². The maximum atomic E-state index is 13.6. The van der Waals surface area contributed by atoms with Crippen molar-refractivity contribution in [1.29, 1.82) is 0 Å². The van der Waals surface area contributed by atoms with E-state index in [-0.39, 0.29) is 12.0 Å². The molecule has 2 aromatic rings. The van der Waals surface area contributed by atoms with Gasteiger partial charge in [0.1, 0.15) is 23.3 Å². The fraction of sp³-hybridized carbons (Fsp3) is 0.364. The number of amides is 2. The topological polar surface area (TPSA) is 58.6 Å². The number of rotatable bonds is 5. The van der Waals surface area contributed by atoms with Crippen molar-refractivity contribution in [1.82, 2.24) is 5.32 Å². The van der Waals surface area contributed by atoms with Gasteiger partial charge in [0.2, 0.25) is 5.91 Å². The van der Waals surface area contributed by atoms with Crippen molar-refractivity contribution in [2.45, 2.75) is 45.8 Å². The van der Waals surface area contributed by atoms with Crippen molar-refractivity contribution < 1.29 is 23.1 Å². The standard InChI is InChI=1S/C22H25ClF2N2O3/c1-13-8-17(6-7-18(13)23)27(5)20(28)19(26-21(29)30-22(2,3)4)11-14-9-15(24)12-16(25)10-14/h6-10,12,19H,11H2,1-5H3,(H,26,29)/t19-/m0/s1. The molecule has 1 N–H and O–H groups in total. The Morgan fingerprint density at radius 2 is 1.73 bits per heavy atom. The Bertz CT molecular complexity index is 924. The van der Waals surface area contributed by atoms with Crippen LogP contribution in [0.2, 0.25) is 5.02 Å². The second-order valence-electron chi connectivity index (χ2n) is 8.01. The summed E-state index contributed by atoms with van der Waals surface area (Å²) >= 11 is 6.05. The molecule has 0 radical (unpaired) electrons. The van der Waals surface area contributed by atoms with Crippen LogP contribution in [0, 0.1) is 18.6 Å². The van der Waals surface area contributed by atoms with Crippen molar-refractivity contribution in [3.63, 3.8) is 0 Å². The quantitative estimate of drug-likeness (QED) is 0.712. The summed E-state index contributed by atoms with van der Waals surface area (Å²) < 4.78 is 32.5. The molecule has 0 aliphatic carbocycles. The molecule has 0 unspecified atom stereocenters. The third kappa shape index (κ3) is 6.69. The first kappa shape index (κ1) is 23.6. The number of benzene rings is 2. The molecule has 2 rings (SSSR count). The summed E-state index contributed by atoms with van der Waals surface area (Å²) in [4.78, 5) is 26.8. The van der Waals surface area contributed by atoms with Crippen molar-refractivity contribution in [3.05, 3.63) is 64.2 Å². The fourth-order valence-electron chi connectivity index (χ4n) is 2.81. The molecule has 0 aliphatic rings. The van der Waals surface area contributed by atoms with Crippen LogP contribution in [0.3, 0.4) is 0 Å². The molecule has 5 nitrogen and oxygen atoms in total. The number of hydrogen-bond acceptors (Lipinski definition) is 3. The highest BCUT2D eigenvalue weighted by Gasteiger charge is 2.28. The van der Waals surface area contributed by atoms with Gasteiger partial charge in [-0.15, -0.1) is 0 Å². The van der Waals surface area contributed by atoms with Gasteiger partial charge in [0.15, 0.2) is 0 Å². The highest BCUT2D eigenvalue weighted by Crippen LogP contribution is 2.23. The smallest absolute Gasteiger partial charge is 0.408 e. The number of carbonyl (C=O) groups is 2. The maximum Gasteiger partial charge on any atom is 0.408 e. The first-order valence-electron chi connectivity index (χ1n) is 9.34. The zero-order valence-electron chi connectivity index (χ0n) is 17.6. The van der Waals surface area contributed by atoms with Gasteiger partial charge in [-0.1, -0.05) is 11.6 Å². The van der Waals surface area contributed by atoms with Gasteiger partial charge in [-0.25, -0.2) is 13.6 Å². The molecule has 0 aromatic heterocycles. The number of aryl methyl sites for hydroxylation is 1. The lowest BCUT2D eigenvalue weighted by Crippen LogP contribution is -2.50. The van der Waals surface area contributed by atoms with Crippen LogP contribution in [-0.2, 0) is 16.0 Å². The summed E-state index contributed by atoms with van der Waals surface area (Å²) in [7, 11) is 1.54. The molecule has 162 valence electrons. The van der Waals surface area contributed by atoms with E-state index < -0.39 is 35.3 Å². The number of nitrogens with zero attached hydrogens (tertiary/aromatic N) is 1. The molecular weight excluding hydrogens is 414 g/mol. The molecule has 1 atom stereocenters. The van der Waals surface area contributed by atoms with E-state index in [0.29, 0.717) is 10.7 Å². The number of nitrogens with one attached hydrogen (secondary N) is 1. The molecule has 0 saturated heterocycles. The number of hydrogen-bond donors (Lipinski definition) is 1. The zero-order chi connectivity index (χ0) is 22.6. The molecule has 8 heteroatoms. The Hall–Kier alpha value is -2.67. The molecule has 0 saturated carbocycles. The zero-order valence-corrected chi connectivity index (χ0v) is 18.3. The van der Waals surface area contributed by atoms with Gasteiger partial charge in [0.25, 0.3) is 0 Å². The van der Waals surface area contributed by atoms with E-state index in [9.17, 15) is 18.4 Å². The molecule has 0 aliphatic heterocycles. The first-order chi connectivity index (χ1) is 13.9. The number of anilines is 1. The second kappa shape index (κ2) is 9.43. The Labute approximate surface area is 180 Å². The van der Waals surface area contributed by atoms with E-state index in [2.05, 4.69) is 5.32 Å². The van der Waals surface area contributed by atoms with E-state index in [0.717, 1.165) is 23.8 Å². The largest absolute Gasteiger partial charge is 0.444 e. The van der Waals surface area contributed by atoms with Crippen LogP contribution in [0.25, 0.3) is 0 Å². The summed E-state index contributed by atoms with van der Waals surface area (Å²) in [5, 5.41) is 3.07. The molecule has 0 bridgehead atoms. The Balaban J connectivity index is 2.31. The van der Waals surface area contributed by atoms with Crippen LogP contribution in [0.15, 0.2) is 36.4 Å². The lowest BCUT2D eigenvalue weighted by molar-refractivity contribution is -0.120. The lowest BCUT2D eigenvalue weighted by atomic mass is 10.0. The predicted molar refractivity (Wildman–Crippen MR) is 113 cm³/mol. The van der Waals surface area contributed by atoms with Gasteiger partial charge in [-0.3, -0.25) is 4.79 Å². The predicted octanol–water partition coefficient (Wildman–Crippen LogP) is 5.03. The van der Waals surface area contributed by atoms with E-state index in [4.69, 9.17) is 16.3 Å². The summed E-state index contributed by atoms with van der Waals surface area (Å²) in [6, 6.07) is 6.92. The van der Waals surface area contributed by atoms with Gasteiger partial charge in [0.05, 0.1) is 0 Å². The Morgan fingerprint density at radius 1 is 1.13 bits per heavy atom. The Morgan fingerprint density at radius 3 is 2.27 bits per heavy atom. The van der Waals surface area contributed by atoms with Crippen molar-refractivity contribution in [3.8, 4) is 0 Å². The fourth-order valence-corrected chi connectivity index (χ4v) is 2.93. The van der Waals surface area contributed by atoms with Gasteiger partial charge in [0, 0.05) is 30.2 Å². The minimum atomic E-state index is -1.11. The monoisotopic (exact) mass is 438 g/mol. The van der Waals surface area contributed by atoms with Gasteiger partial charge >= 0.3 is 6.09 Å². The van der Waals surface area contributed by atoms with Crippen LogP contribution >= 0.6 is 11.6 Å². The third-order valence-electron chi connectivity index (χ3n) is 4.21. The summed E-state index contributed by atoms with van der Waals surface area (Å²) in [5.74, 6) is -2.02. The highest BCUT2D eigenvalue weighted by atomic mass is 35.5. The van der Waals surface area contributed by atoms with Crippen LogP contribution in [0.1, 0.15) is 31.9 Å². The SMILES string of the molecule is Cc1cc(N(C)C(=O)[C@H](Cc2cc(F)cc(F)c2)NC(=O)OC(C)(C)C)ccc1Cl. The van der Waals surface area contributed by atoms with E-state index in [1.54, 1.807) is 52.9 Å². The van der Waals surface area contributed by atoms with Crippen LogP contribution in [-0.4, -0.2) is 30.7 Å². The van der Waals surface area contributed by atoms with Crippen LogP contribution in [0.5, 0.6) is 0 Å². The maximum absolute atomic E-state index is 13.6. The average molecular weight is 439 g/mol. The lowest BCUT2D eigenvalue weighted by Gasteiger charge is -2.27. The Kier molecular flexibility index (Phi) is 7.42. The van der Waals surface area contributed by atoms with E-state index >= 15 is 0 Å². The number of halogens is 3. The third-order valence-corrected chi connectivity index (χ3v) is 4.63. The highest BCUT2D eigenvalue weighted by molar-refractivity contribution is 6.31. The second-order valence-corrected chi connectivity index (χ2v) is 8.42. The van der Waals surface area contributed by atoms with Crippen LogP contribution < -0.4 is 10.2 Å². The molecule has 2 amide bonds. The van der Waals surface area contributed by atoms with Gasteiger partial charge in [-0.2, -0.15) is 0 Å². The van der Waals surface area contributed by atoms with Crippen LogP contribution in [0.4, 0.5) is 19.3 Å². The molecular formula is C22H25ClF2N2O3. The molecule has 2 aromatic carbocycles. The normalized spacial score (nSPS) is 12.3. The number of alkyl carbamates (subject to hydrolysis) is 1. The number of likely N-dealkylation sites (N-methyl/N-ethyl adjacent to an activating group) is 1. The number of carbonyl (C=O) groups excluding carboxylic acids is 2. The summed E-state index contributed by atoms with van der Waals surface area (Å²) in [6.45, 7) is 6.87. The summed E-state index contributed by atoms with van der Waals surface area (Å²) in [6.07, 6.45) is -0.928. The van der Waals surface area contributed by atoms with Crippen molar-refractivity contribution in [2.75, 3.05) is 11.9 Å². The van der Waals surface area contributed by atoms with Gasteiger partial charge in [-0.05, 0) is 69.2 Å². The molecule has 0 spiro atoms. The van der Waals surface area contributed by atoms with Crippen molar-refractivity contribution >= 4 is 29.3 Å². The average Bonchev–Trinajstić information content (AvgIpc) is 2.59. The van der Waals surface area contributed by atoms with E-state index in [1.165, 1.54) is 4.90 Å².